The smallest absolute Gasteiger partial charge is 0.235 e. The molecular formula is C50H28N4S2. The number of aromatic nitrogens is 4. The van der Waals surface area contributed by atoms with Crippen molar-refractivity contribution in [2.75, 3.05) is 0 Å². The zero-order valence-corrected chi connectivity index (χ0v) is 31.4. The average Bonchev–Trinajstić information content (AvgIpc) is 4.01. The van der Waals surface area contributed by atoms with Crippen LogP contribution in [0.1, 0.15) is 0 Å². The van der Waals surface area contributed by atoms with Crippen LogP contribution < -0.4 is 0 Å². The van der Waals surface area contributed by atoms with Crippen molar-refractivity contribution in [3.8, 4) is 22.9 Å². The average molecular weight is 749 g/mol. The summed E-state index contributed by atoms with van der Waals surface area (Å²) in [5.41, 5.74) is 8.75. The number of benzene rings is 8. The molecule has 0 saturated heterocycles. The summed E-state index contributed by atoms with van der Waals surface area (Å²) >= 11 is 3.66. The van der Waals surface area contributed by atoms with E-state index in [0.29, 0.717) is 5.95 Å². The highest BCUT2D eigenvalue weighted by Gasteiger charge is 2.25. The molecule has 0 atom stereocenters. The molecule has 0 aliphatic carbocycles. The maximum Gasteiger partial charge on any atom is 0.235 e. The van der Waals surface area contributed by atoms with Crippen molar-refractivity contribution in [3.63, 3.8) is 0 Å². The summed E-state index contributed by atoms with van der Waals surface area (Å²) in [6.07, 6.45) is 0. The van der Waals surface area contributed by atoms with E-state index < -0.39 is 0 Å². The van der Waals surface area contributed by atoms with Gasteiger partial charge in [0.2, 0.25) is 5.95 Å². The number of para-hydroxylation sites is 3. The third-order valence-electron chi connectivity index (χ3n) is 11.5. The lowest BCUT2D eigenvalue weighted by atomic mass is 10.00. The minimum Gasteiger partial charge on any atom is -0.309 e. The van der Waals surface area contributed by atoms with E-state index in [1.165, 1.54) is 68.2 Å². The Bertz CT molecular complexity index is 3770. The molecule has 5 aromatic heterocycles. The van der Waals surface area contributed by atoms with Crippen LogP contribution >= 0.6 is 22.7 Å². The molecule has 0 spiro atoms. The van der Waals surface area contributed by atoms with Gasteiger partial charge in [-0.25, -0.2) is 9.97 Å². The molecule has 0 saturated carbocycles. The van der Waals surface area contributed by atoms with Gasteiger partial charge in [0.15, 0.2) is 0 Å². The summed E-state index contributed by atoms with van der Waals surface area (Å²) in [6.45, 7) is 0. The highest BCUT2D eigenvalue weighted by Crippen LogP contribution is 2.48. The molecule has 5 heterocycles. The molecule has 0 aliphatic heterocycles. The van der Waals surface area contributed by atoms with Crippen LogP contribution in [0.4, 0.5) is 0 Å². The Balaban J connectivity index is 1.17. The Kier molecular flexibility index (Phi) is 6.17. The summed E-state index contributed by atoms with van der Waals surface area (Å²) in [6, 6.07) is 61.3. The van der Waals surface area contributed by atoms with Gasteiger partial charge in [-0.15, -0.1) is 22.7 Å². The maximum absolute atomic E-state index is 5.65. The molecule has 0 aliphatic rings. The molecule has 13 rings (SSSR count). The van der Waals surface area contributed by atoms with E-state index >= 15 is 0 Å². The number of thiophene rings is 2. The first-order valence-electron chi connectivity index (χ1n) is 18.8. The van der Waals surface area contributed by atoms with Crippen LogP contribution in [0.15, 0.2) is 170 Å². The number of fused-ring (bicyclic) bond motifs is 16. The predicted octanol–water partition coefficient (Wildman–Crippen LogP) is 14.2. The van der Waals surface area contributed by atoms with E-state index in [-0.39, 0.29) is 0 Å². The summed E-state index contributed by atoms with van der Waals surface area (Å²) in [4.78, 5) is 11.2. The molecule has 260 valence electrons. The lowest BCUT2D eigenvalue weighted by Gasteiger charge is -2.12. The fourth-order valence-electron chi connectivity index (χ4n) is 9.18. The van der Waals surface area contributed by atoms with Crippen LogP contribution in [0.2, 0.25) is 0 Å². The van der Waals surface area contributed by atoms with E-state index in [4.69, 9.17) is 9.97 Å². The van der Waals surface area contributed by atoms with E-state index in [1.54, 1.807) is 11.3 Å². The van der Waals surface area contributed by atoms with Crippen LogP contribution in [-0.2, 0) is 0 Å². The number of nitrogens with zero attached hydrogens (tertiary/aromatic N) is 4. The van der Waals surface area contributed by atoms with Gasteiger partial charge in [-0.3, -0.25) is 4.57 Å². The molecular weight excluding hydrogens is 721 g/mol. The second kappa shape index (κ2) is 11.3. The van der Waals surface area contributed by atoms with Crippen LogP contribution in [0.5, 0.6) is 0 Å². The van der Waals surface area contributed by atoms with E-state index in [0.717, 1.165) is 43.6 Å². The second-order valence-electron chi connectivity index (χ2n) is 14.5. The Morgan fingerprint density at radius 3 is 1.79 bits per heavy atom. The van der Waals surface area contributed by atoms with Gasteiger partial charge in [-0.2, -0.15) is 0 Å². The van der Waals surface area contributed by atoms with Gasteiger partial charge in [0, 0.05) is 68.4 Å². The molecule has 0 unspecified atom stereocenters. The summed E-state index contributed by atoms with van der Waals surface area (Å²) < 4.78 is 9.61. The van der Waals surface area contributed by atoms with Crippen LogP contribution in [-0.4, -0.2) is 19.1 Å². The van der Waals surface area contributed by atoms with Gasteiger partial charge >= 0.3 is 0 Å². The lowest BCUT2D eigenvalue weighted by molar-refractivity contribution is 1.02. The quantitative estimate of drug-likeness (QED) is 0.180. The third kappa shape index (κ3) is 4.06. The molecule has 56 heavy (non-hydrogen) atoms. The van der Waals surface area contributed by atoms with Crippen LogP contribution in [0, 0.1) is 0 Å². The molecule has 0 fully saturated rings. The lowest BCUT2D eigenvalue weighted by Crippen LogP contribution is -2.03. The monoisotopic (exact) mass is 748 g/mol. The van der Waals surface area contributed by atoms with Crippen molar-refractivity contribution in [2.45, 2.75) is 0 Å². The van der Waals surface area contributed by atoms with E-state index in [2.05, 4.69) is 179 Å². The fourth-order valence-corrected chi connectivity index (χ4v) is 11.6. The molecule has 6 heteroatoms. The van der Waals surface area contributed by atoms with Crippen LogP contribution in [0.25, 0.3) is 118 Å². The fraction of sp³-hybridized carbons (Fsp3) is 0. The van der Waals surface area contributed by atoms with Crippen molar-refractivity contribution in [1.82, 2.24) is 19.1 Å². The van der Waals surface area contributed by atoms with Gasteiger partial charge in [-0.05, 0) is 53.9 Å². The summed E-state index contributed by atoms with van der Waals surface area (Å²) in [7, 11) is 0. The SMILES string of the molecule is c1ccc(-n2c3ccccc3c3cc(-c4nc(-n5c6ccccc6c6c7sc8ccccc8c7c7ccccc7c65)nc5c4sc4ccccc45)ccc32)cc1. The molecule has 0 amide bonds. The van der Waals surface area contributed by atoms with Gasteiger partial charge < -0.3 is 4.57 Å². The topological polar surface area (TPSA) is 35.6 Å². The van der Waals surface area contributed by atoms with Crippen molar-refractivity contribution < 1.29 is 0 Å². The zero-order chi connectivity index (χ0) is 36.5. The first kappa shape index (κ1) is 30.5. The minimum atomic E-state index is 0.680. The van der Waals surface area contributed by atoms with Gasteiger partial charge in [0.05, 0.1) is 38.0 Å². The first-order valence-corrected chi connectivity index (χ1v) is 20.5. The van der Waals surface area contributed by atoms with Crippen molar-refractivity contribution in [2.24, 2.45) is 0 Å². The highest BCUT2D eigenvalue weighted by atomic mass is 32.1. The molecule has 8 aromatic carbocycles. The third-order valence-corrected chi connectivity index (χ3v) is 13.9. The standard InChI is InChI=1S/C50H28N4S2/c1-2-14-30(15-3-1)53-38-22-10-6-16-31(38)37-28-29(26-27-40(37)53)45-49-46(36-21-9-13-25-42(36)56-49)52-50(51-45)54-39-23-11-7-19-34(39)44-47(54)33-18-5-4-17-32(33)43-35-20-8-12-24-41(35)55-48(43)44/h1-28H. The molecule has 4 nitrogen and oxygen atoms in total. The van der Waals surface area contributed by atoms with Crippen LogP contribution in [0.3, 0.4) is 0 Å². The summed E-state index contributed by atoms with van der Waals surface area (Å²) in [5, 5.41) is 11.1. The largest absolute Gasteiger partial charge is 0.309 e. The minimum absolute atomic E-state index is 0.680. The number of hydrogen-bond acceptors (Lipinski definition) is 4. The molecule has 0 bridgehead atoms. The van der Waals surface area contributed by atoms with Crippen molar-refractivity contribution in [3.05, 3.63) is 170 Å². The Morgan fingerprint density at radius 2 is 0.982 bits per heavy atom. The Labute approximate surface area is 327 Å². The summed E-state index contributed by atoms with van der Waals surface area (Å²) in [5.74, 6) is 0.680. The molecule has 0 radical (unpaired) electrons. The van der Waals surface area contributed by atoms with Gasteiger partial charge in [-0.1, -0.05) is 121 Å². The molecule has 0 N–H and O–H groups in total. The van der Waals surface area contributed by atoms with Crippen molar-refractivity contribution in [1.29, 1.82) is 0 Å². The molecule has 13 aromatic rings. The second-order valence-corrected chi connectivity index (χ2v) is 16.6. The van der Waals surface area contributed by atoms with E-state index in [9.17, 15) is 0 Å². The number of hydrogen-bond donors (Lipinski definition) is 0. The highest BCUT2D eigenvalue weighted by molar-refractivity contribution is 7.27. The predicted molar refractivity (Wildman–Crippen MR) is 239 cm³/mol. The number of rotatable bonds is 3. The Hall–Kier alpha value is -6.86. The van der Waals surface area contributed by atoms with Crippen molar-refractivity contribution >= 4 is 118 Å². The first-order chi connectivity index (χ1) is 27.8. The Morgan fingerprint density at radius 1 is 0.393 bits per heavy atom. The van der Waals surface area contributed by atoms with Gasteiger partial charge in [0.1, 0.15) is 0 Å². The normalized spacial score (nSPS) is 12.3. The zero-order valence-electron chi connectivity index (χ0n) is 29.8. The maximum atomic E-state index is 5.65. The van der Waals surface area contributed by atoms with E-state index in [1.807, 2.05) is 11.3 Å². The van der Waals surface area contributed by atoms with Gasteiger partial charge in [0.25, 0.3) is 0 Å².